The molecule has 108 valence electrons. The van der Waals surface area contributed by atoms with Gasteiger partial charge in [-0.1, -0.05) is 0 Å². The molecule has 19 heavy (non-hydrogen) atoms. The lowest BCUT2D eigenvalue weighted by molar-refractivity contribution is -0.140. The summed E-state index contributed by atoms with van der Waals surface area (Å²) in [6.45, 7) is 0.640. The van der Waals surface area contributed by atoms with Gasteiger partial charge in [0.1, 0.15) is 5.54 Å². The first-order chi connectivity index (χ1) is 8.81. The molecule has 2 N–H and O–H groups in total. The molecule has 0 saturated heterocycles. The summed E-state index contributed by atoms with van der Waals surface area (Å²) in [5.74, 6) is -0.930. The molecule has 0 bridgehead atoms. The monoisotopic (exact) mass is 269 g/mol. The number of carbonyl (C=O) groups excluding carboxylic acids is 1. The second kappa shape index (κ2) is 4.67. The fourth-order valence-corrected chi connectivity index (χ4v) is 2.66. The number of likely N-dealkylation sites (N-methyl/N-ethyl adjacent to an activating group) is 2. The molecular formula is C13H23N3O3. The molecule has 0 aliphatic heterocycles. The second-order valence-electron chi connectivity index (χ2n) is 6.15. The highest BCUT2D eigenvalue weighted by Gasteiger charge is 2.52. The largest absolute Gasteiger partial charge is 0.480 e. The lowest BCUT2D eigenvalue weighted by Gasteiger charge is -2.49. The van der Waals surface area contributed by atoms with Crippen LogP contribution in [0.4, 0.5) is 4.79 Å². The molecule has 0 aromatic carbocycles. The summed E-state index contributed by atoms with van der Waals surface area (Å²) >= 11 is 0. The predicted octanol–water partition coefficient (Wildman–Crippen LogP) is 0.729. The first-order valence-corrected chi connectivity index (χ1v) is 6.75. The fraction of sp³-hybridized carbons (Fsp3) is 0.846. The molecule has 6 heteroatoms. The smallest absolute Gasteiger partial charge is 0.329 e. The summed E-state index contributed by atoms with van der Waals surface area (Å²) in [5, 5.41) is 11.7. The number of carboxylic acid groups (broad SMARTS) is 1. The van der Waals surface area contributed by atoms with Gasteiger partial charge in [-0.2, -0.15) is 0 Å². The molecule has 2 rings (SSSR count). The van der Waals surface area contributed by atoms with Crippen molar-refractivity contribution in [3.8, 4) is 0 Å². The number of hydrogen-bond acceptors (Lipinski definition) is 3. The van der Waals surface area contributed by atoms with E-state index in [1.54, 1.807) is 11.9 Å². The van der Waals surface area contributed by atoms with E-state index in [4.69, 9.17) is 5.11 Å². The number of amides is 2. The van der Waals surface area contributed by atoms with Crippen molar-refractivity contribution in [2.75, 3.05) is 27.7 Å². The Morgan fingerprint density at radius 2 is 1.74 bits per heavy atom. The van der Waals surface area contributed by atoms with Gasteiger partial charge in [0.25, 0.3) is 0 Å². The lowest BCUT2D eigenvalue weighted by atomic mass is 9.75. The van der Waals surface area contributed by atoms with E-state index >= 15 is 0 Å². The van der Waals surface area contributed by atoms with E-state index < -0.39 is 11.5 Å². The van der Waals surface area contributed by atoms with Gasteiger partial charge in [-0.25, -0.2) is 9.59 Å². The molecule has 6 nitrogen and oxygen atoms in total. The van der Waals surface area contributed by atoms with Crippen molar-refractivity contribution in [2.24, 2.45) is 0 Å². The third kappa shape index (κ3) is 2.54. The quantitative estimate of drug-likeness (QED) is 0.771. The first-order valence-electron chi connectivity index (χ1n) is 6.75. The van der Waals surface area contributed by atoms with Crippen LogP contribution < -0.4 is 5.32 Å². The molecule has 2 aliphatic rings. The molecule has 0 spiro atoms. The van der Waals surface area contributed by atoms with Crippen molar-refractivity contribution in [1.82, 2.24) is 15.1 Å². The van der Waals surface area contributed by atoms with Crippen LogP contribution >= 0.6 is 0 Å². The van der Waals surface area contributed by atoms with Gasteiger partial charge in [0.2, 0.25) is 0 Å². The number of carboxylic acids is 1. The van der Waals surface area contributed by atoms with Gasteiger partial charge in [0.05, 0.1) is 0 Å². The minimum Gasteiger partial charge on any atom is -0.480 e. The van der Waals surface area contributed by atoms with E-state index in [1.807, 2.05) is 14.1 Å². The van der Waals surface area contributed by atoms with Gasteiger partial charge in [0.15, 0.2) is 0 Å². The number of urea groups is 1. The van der Waals surface area contributed by atoms with Crippen molar-refractivity contribution in [1.29, 1.82) is 0 Å². The lowest BCUT2D eigenvalue weighted by Crippen LogP contribution is -2.59. The molecular weight excluding hydrogens is 246 g/mol. The van der Waals surface area contributed by atoms with Crippen molar-refractivity contribution >= 4 is 12.0 Å². The summed E-state index contributed by atoms with van der Waals surface area (Å²) in [6.07, 6.45) is 4.41. The zero-order valence-corrected chi connectivity index (χ0v) is 11.9. The molecule has 0 aromatic heterocycles. The molecule has 0 unspecified atom stereocenters. The molecule has 0 atom stereocenters. The van der Waals surface area contributed by atoms with Gasteiger partial charge >= 0.3 is 12.0 Å². The van der Waals surface area contributed by atoms with Crippen molar-refractivity contribution < 1.29 is 14.7 Å². The first kappa shape index (κ1) is 14.1. The topological polar surface area (TPSA) is 72.9 Å². The van der Waals surface area contributed by atoms with Gasteiger partial charge in [-0.3, -0.25) is 0 Å². The van der Waals surface area contributed by atoms with Crippen LogP contribution in [-0.2, 0) is 4.79 Å². The highest BCUT2D eigenvalue weighted by molar-refractivity contribution is 5.88. The number of nitrogens with zero attached hydrogens (tertiary/aromatic N) is 2. The summed E-state index contributed by atoms with van der Waals surface area (Å²) in [4.78, 5) is 26.9. The third-order valence-corrected chi connectivity index (χ3v) is 4.62. The highest BCUT2D eigenvalue weighted by atomic mass is 16.4. The minimum atomic E-state index is -1.00. The molecule has 0 heterocycles. The van der Waals surface area contributed by atoms with E-state index in [0.717, 1.165) is 12.8 Å². The summed E-state index contributed by atoms with van der Waals surface area (Å²) < 4.78 is 0. The maximum absolute atomic E-state index is 12.1. The molecule has 2 fully saturated rings. The number of aliphatic carboxylic acids is 1. The van der Waals surface area contributed by atoms with Gasteiger partial charge in [0, 0.05) is 19.1 Å². The van der Waals surface area contributed by atoms with E-state index in [2.05, 4.69) is 10.2 Å². The van der Waals surface area contributed by atoms with Crippen LogP contribution in [0.5, 0.6) is 0 Å². The highest BCUT2D eigenvalue weighted by Crippen LogP contribution is 2.38. The second-order valence-corrected chi connectivity index (χ2v) is 6.15. The van der Waals surface area contributed by atoms with Crippen LogP contribution in [0.1, 0.15) is 32.1 Å². The van der Waals surface area contributed by atoms with Crippen LogP contribution in [0.3, 0.4) is 0 Å². The summed E-state index contributed by atoms with van der Waals surface area (Å²) in [7, 11) is 5.80. The van der Waals surface area contributed by atoms with Crippen LogP contribution in [0.2, 0.25) is 0 Å². The Kier molecular flexibility index (Phi) is 3.47. The Balaban J connectivity index is 1.91. The van der Waals surface area contributed by atoms with Gasteiger partial charge in [-0.05, 0) is 46.2 Å². The maximum Gasteiger partial charge on any atom is 0.329 e. The molecule has 2 amide bonds. The molecule has 2 saturated carbocycles. The van der Waals surface area contributed by atoms with E-state index in [1.165, 1.54) is 6.42 Å². The molecule has 0 aromatic rings. The number of carbonyl (C=O) groups is 2. The fourth-order valence-electron chi connectivity index (χ4n) is 2.66. The maximum atomic E-state index is 12.1. The van der Waals surface area contributed by atoms with Crippen LogP contribution in [-0.4, -0.2) is 65.7 Å². The normalized spacial score (nSPS) is 22.5. The molecule has 0 radical (unpaired) electrons. The average Bonchev–Trinajstić information content (AvgIpc) is 3.03. The van der Waals surface area contributed by atoms with E-state index in [9.17, 15) is 9.59 Å². The third-order valence-electron chi connectivity index (χ3n) is 4.62. The van der Waals surface area contributed by atoms with Gasteiger partial charge in [-0.15, -0.1) is 0 Å². The summed E-state index contributed by atoms with van der Waals surface area (Å²) in [6, 6.07) is -0.284. The van der Waals surface area contributed by atoms with Crippen LogP contribution in [0.15, 0.2) is 0 Å². The Bertz CT molecular complexity index is 387. The Hall–Kier alpha value is -1.30. The van der Waals surface area contributed by atoms with Gasteiger partial charge < -0.3 is 20.2 Å². The Labute approximate surface area is 113 Å². The molecule has 2 aliphatic carbocycles. The van der Waals surface area contributed by atoms with Crippen LogP contribution in [0.25, 0.3) is 0 Å². The zero-order chi connectivity index (χ0) is 14.3. The summed E-state index contributed by atoms with van der Waals surface area (Å²) in [5.41, 5.74) is -0.942. The Morgan fingerprint density at radius 3 is 2.05 bits per heavy atom. The number of hydrogen-bond donors (Lipinski definition) is 2. The van der Waals surface area contributed by atoms with E-state index in [0.29, 0.717) is 19.4 Å². The van der Waals surface area contributed by atoms with Crippen molar-refractivity contribution in [2.45, 2.75) is 43.2 Å². The predicted molar refractivity (Wildman–Crippen MR) is 71.0 cm³/mol. The Morgan fingerprint density at radius 1 is 1.16 bits per heavy atom. The van der Waals surface area contributed by atoms with E-state index in [-0.39, 0.29) is 11.6 Å². The SMILES string of the molecule is CN(CC1(N(C)C)CCC1)C(=O)NC1(C(=O)O)CC1. The standard InChI is InChI=1S/C13H23N3O3/c1-15(2)12(5-4-6-12)9-16(3)11(19)14-13(7-8-13)10(17)18/h4-9H2,1-3H3,(H,14,19)(H,17,18). The number of nitrogens with one attached hydrogen (secondary N) is 1. The number of rotatable bonds is 5. The zero-order valence-electron chi connectivity index (χ0n) is 11.9. The van der Waals surface area contributed by atoms with Crippen molar-refractivity contribution in [3.63, 3.8) is 0 Å². The minimum absolute atomic E-state index is 0.0615. The van der Waals surface area contributed by atoms with Crippen LogP contribution in [0, 0.1) is 0 Å². The van der Waals surface area contributed by atoms with Crippen molar-refractivity contribution in [3.05, 3.63) is 0 Å². The average molecular weight is 269 g/mol.